The molecule has 0 aliphatic carbocycles. The Balaban J connectivity index is 2.38. The van der Waals surface area contributed by atoms with Gasteiger partial charge in [-0.1, -0.05) is 0 Å². The van der Waals surface area contributed by atoms with Gasteiger partial charge in [0.1, 0.15) is 6.54 Å². The maximum absolute atomic E-state index is 11.4. The molecule has 2 N–H and O–H groups in total. The maximum atomic E-state index is 11.4. The van der Waals surface area contributed by atoms with Crippen molar-refractivity contribution in [3.63, 3.8) is 0 Å². The Bertz CT molecular complexity index is 358. The number of hydrogen-bond acceptors (Lipinski definition) is 3. The first kappa shape index (κ1) is 12.0. The molecule has 0 radical (unpaired) electrons. The van der Waals surface area contributed by atoms with Crippen molar-refractivity contribution < 1.29 is 19.5 Å². The van der Waals surface area contributed by atoms with E-state index >= 15 is 0 Å². The quantitative estimate of drug-likeness (QED) is 0.579. The fourth-order valence-corrected chi connectivity index (χ4v) is 1.44. The molecule has 1 aliphatic heterocycles. The summed E-state index contributed by atoms with van der Waals surface area (Å²) in [6, 6.07) is 0. The lowest BCUT2D eigenvalue weighted by molar-refractivity contribution is -0.138. The minimum Gasteiger partial charge on any atom is -0.480 e. The summed E-state index contributed by atoms with van der Waals surface area (Å²) in [5.74, 6) is 0.519. The molecule has 0 spiro atoms. The molecule has 0 saturated carbocycles. The number of carbonyl (C=O) groups is 3. The van der Waals surface area contributed by atoms with Crippen LogP contribution in [-0.4, -0.2) is 47.4 Å². The highest BCUT2D eigenvalue weighted by molar-refractivity contribution is 5.87. The molecular weight excluding hydrogens is 212 g/mol. The molecule has 2 amide bonds. The van der Waals surface area contributed by atoms with Crippen LogP contribution in [0.4, 0.5) is 0 Å². The Kier molecular flexibility index (Phi) is 3.89. The fraction of sp³-hybridized carbons (Fsp3) is 0.500. The second-order valence-electron chi connectivity index (χ2n) is 3.51. The van der Waals surface area contributed by atoms with Crippen LogP contribution >= 0.6 is 0 Å². The molecule has 0 bridgehead atoms. The molecule has 1 fully saturated rings. The van der Waals surface area contributed by atoms with Gasteiger partial charge in [0.2, 0.25) is 11.8 Å². The summed E-state index contributed by atoms with van der Waals surface area (Å²) in [6.45, 7) is -0.223. The van der Waals surface area contributed by atoms with E-state index in [2.05, 4.69) is 11.2 Å². The highest BCUT2D eigenvalue weighted by Gasteiger charge is 2.29. The van der Waals surface area contributed by atoms with Gasteiger partial charge in [0, 0.05) is 18.9 Å². The molecule has 6 nitrogen and oxygen atoms in total. The molecule has 1 unspecified atom stereocenters. The zero-order valence-corrected chi connectivity index (χ0v) is 8.60. The number of carbonyl (C=O) groups excluding carboxylic acids is 2. The summed E-state index contributed by atoms with van der Waals surface area (Å²) < 4.78 is 0. The summed E-state index contributed by atoms with van der Waals surface area (Å²) in [5.41, 5.74) is 0. The predicted octanol–water partition coefficient (Wildman–Crippen LogP) is -1.33. The molecule has 1 heterocycles. The lowest BCUT2D eigenvalue weighted by Crippen LogP contribution is -2.39. The summed E-state index contributed by atoms with van der Waals surface area (Å²) in [7, 11) is 0. The van der Waals surface area contributed by atoms with Gasteiger partial charge in [0.15, 0.2) is 0 Å². The van der Waals surface area contributed by atoms with Crippen LogP contribution in [0.5, 0.6) is 0 Å². The summed E-state index contributed by atoms with van der Waals surface area (Å²) in [4.78, 5) is 34.1. The number of carboxylic acid groups (broad SMARTS) is 1. The van der Waals surface area contributed by atoms with Gasteiger partial charge in [0.25, 0.3) is 0 Å². The Morgan fingerprint density at radius 1 is 1.62 bits per heavy atom. The molecule has 1 aliphatic rings. The van der Waals surface area contributed by atoms with Crippen LogP contribution in [0.25, 0.3) is 0 Å². The number of hydrogen-bond donors (Lipinski definition) is 2. The molecule has 86 valence electrons. The largest absolute Gasteiger partial charge is 0.480 e. The number of terminal acetylenes is 1. The smallest absolute Gasteiger partial charge is 0.322 e. The van der Waals surface area contributed by atoms with Crippen LogP contribution in [0.3, 0.4) is 0 Å². The second-order valence-corrected chi connectivity index (χ2v) is 3.51. The lowest BCUT2D eigenvalue weighted by atomic mass is 10.1. The van der Waals surface area contributed by atoms with Crippen molar-refractivity contribution in [2.24, 2.45) is 5.92 Å². The molecule has 16 heavy (non-hydrogen) atoms. The summed E-state index contributed by atoms with van der Waals surface area (Å²) in [5, 5.41) is 10.5. The van der Waals surface area contributed by atoms with Gasteiger partial charge in [-0.3, -0.25) is 14.4 Å². The van der Waals surface area contributed by atoms with E-state index in [1.54, 1.807) is 0 Å². The number of nitrogens with zero attached hydrogens (tertiary/aromatic N) is 1. The van der Waals surface area contributed by atoms with E-state index in [-0.39, 0.29) is 24.8 Å². The number of carboxylic acids is 1. The Labute approximate surface area is 92.6 Å². The first-order chi connectivity index (χ1) is 7.52. The first-order valence-corrected chi connectivity index (χ1v) is 4.75. The molecule has 0 aromatic rings. The van der Waals surface area contributed by atoms with Gasteiger partial charge >= 0.3 is 5.97 Å². The van der Waals surface area contributed by atoms with Crippen molar-refractivity contribution in [3.05, 3.63) is 0 Å². The third kappa shape index (κ3) is 3.28. The third-order valence-corrected chi connectivity index (χ3v) is 2.22. The van der Waals surface area contributed by atoms with Gasteiger partial charge in [-0.2, -0.15) is 0 Å². The lowest BCUT2D eigenvalue weighted by Gasteiger charge is -2.14. The van der Waals surface area contributed by atoms with Crippen LogP contribution in [0.15, 0.2) is 0 Å². The van der Waals surface area contributed by atoms with Crippen LogP contribution < -0.4 is 5.32 Å². The maximum Gasteiger partial charge on any atom is 0.322 e. The van der Waals surface area contributed by atoms with Crippen molar-refractivity contribution in [2.75, 3.05) is 19.6 Å². The topological polar surface area (TPSA) is 86.7 Å². The van der Waals surface area contributed by atoms with E-state index in [4.69, 9.17) is 11.5 Å². The Morgan fingerprint density at radius 3 is 2.81 bits per heavy atom. The molecule has 1 atom stereocenters. The SMILES string of the molecule is C#CC1CC(=O)N(CC(=O)NCC(=O)O)C1. The van der Waals surface area contributed by atoms with E-state index < -0.39 is 18.4 Å². The minimum atomic E-state index is -1.12. The van der Waals surface area contributed by atoms with Crippen LogP contribution in [0.2, 0.25) is 0 Å². The van der Waals surface area contributed by atoms with Gasteiger partial charge in [0.05, 0.1) is 6.54 Å². The van der Waals surface area contributed by atoms with Gasteiger partial charge in [-0.15, -0.1) is 12.3 Å². The summed E-state index contributed by atoms with van der Waals surface area (Å²) in [6.07, 6.45) is 5.43. The van der Waals surface area contributed by atoms with Crippen molar-refractivity contribution in [3.8, 4) is 12.3 Å². The summed E-state index contributed by atoms with van der Waals surface area (Å²) >= 11 is 0. The number of likely N-dealkylation sites (tertiary alicyclic amines) is 1. The zero-order valence-electron chi connectivity index (χ0n) is 8.60. The molecule has 6 heteroatoms. The standard InChI is InChI=1S/C10H12N2O4/c1-2-7-3-9(14)12(5-7)6-8(13)11-4-10(15)16/h1,7H,3-6H2,(H,11,13)(H,15,16). The fourth-order valence-electron chi connectivity index (χ4n) is 1.44. The highest BCUT2D eigenvalue weighted by Crippen LogP contribution is 2.15. The van der Waals surface area contributed by atoms with Gasteiger partial charge < -0.3 is 15.3 Å². The molecular formula is C10H12N2O4. The van der Waals surface area contributed by atoms with Crippen molar-refractivity contribution in [2.45, 2.75) is 6.42 Å². The van der Waals surface area contributed by atoms with Gasteiger partial charge in [-0.25, -0.2) is 0 Å². The van der Waals surface area contributed by atoms with Crippen LogP contribution in [0.1, 0.15) is 6.42 Å². The van der Waals surface area contributed by atoms with E-state index in [1.807, 2.05) is 0 Å². The normalized spacial score (nSPS) is 19.3. The van der Waals surface area contributed by atoms with Crippen molar-refractivity contribution in [1.82, 2.24) is 10.2 Å². The molecule has 0 aromatic carbocycles. The Morgan fingerprint density at radius 2 is 2.31 bits per heavy atom. The van der Waals surface area contributed by atoms with E-state index in [0.717, 1.165) is 0 Å². The average molecular weight is 224 g/mol. The molecule has 1 saturated heterocycles. The third-order valence-electron chi connectivity index (χ3n) is 2.22. The monoisotopic (exact) mass is 224 g/mol. The van der Waals surface area contributed by atoms with E-state index in [9.17, 15) is 14.4 Å². The first-order valence-electron chi connectivity index (χ1n) is 4.75. The van der Waals surface area contributed by atoms with Crippen LogP contribution in [0, 0.1) is 18.3 Å². The van der Waals surface area contributed by atoms with E-state index in [0.29, 0.717) is 6.54 Å². The van der Waals surface area contributed by atoms with Crippen molar-refractivity contribution in [1.29, 1.82) is 0 Å². The number of nitrogens with one attached hydrogen (secondary N) is 1. The van der Waals surface area contributed by atoms with E-state index in [1.165, 1.54) is 4.90 Å². The molecule has 0 aromatic heterocycles. The second kappa shape index (κ2) is 5.16. The van der Waals surface area contributed by atoms with Crippen molar-refractivity contribution >= 4 is 17.8 Å². The van der Waals surface area contributed by atoms with Crippen LogP contribution in [-0.2, 0) is 14.4 Å². The predicted molar refractivity (Wildman–Crippen MR) is 54.2 cm³/mol. The van der Waals surface area contributed by atoms with Gasteiger partial charge in [-0.05, 0) is 0 Å². The minimum absolute atomic E-state index is 0.135. The Hall–Kier alpha value is -2.03. The number of amides is 2. The highest BCUT2D eigenvalue weighted by atomic mass is 16.4. The number of aliphatic carboxylic acids is 1. The molecule has 1 rings (SSSR count). The zero-order chi connectivity index (χ0) is 12.1. The number of rotatable bonds is 4. The average Bonchev–Trinajstić information content (AvgIpc) is 2.57.